The Bertz CT molecular complexity index is 1100. The molecule has 2 heterocycles. The number of nitrogens with two attached hydrogens (primary N) is 2. The highest BCUT2D eigenvalue weighted by molar-refractivity contribution is 6.04. The number of phenolic OH excluding ortho intramolecular Hbond substituents is 1. The molecule has 4 rings (SSSR count). The summed E-state index contributed by atoms with van der Waals surface area (Å²) >= 11 is 0. The molecule has 1 aliphatic heterocycles. The summed E-state index contributed by atoms with van der Waals surface area (Å²) in [7, 11) is 0. The number of carbonyl (C=O) groups is 1. The van der Waals surface area contributed by atoms with Crippen molar-refractivity contribution in [3.8, 4) is 22.7 Å². The number of anilines is 1. The van der Waals surface area contributed by atoms with Crippen molar-refractivity contribution in [3.63, 3.8) is 0 Å². The second-order valence-electron chi connectivity index (χ2n) is 7.54. The number of amides is 1. The number of hydrogen-bond donors (Lipinski definition) is 4. The van der Waals surface area contributed by atoms with E-state index in [0.29, 0.717) is 22.9 Å². The van der Waals surface area contributed by atoms with Crippen LogP contribution < -0.4 is 16.8 Å². The average molecular weight is 391 g/mol. The van der Waals surface area contributed by atoms with Crippen molar-refractivity contribution in [2.45, 2.75) is 26.2 Å². The lowest BCUT2D eigenvalue weighted by Crippen LogP contribution is -2.15. The van der Waals surface area contributed by atoms with Gasteiger partial charge in [-0.1, -0.05) is 30.3 Å². The van der Waals surface area contributed by atoms with Crippen LogP contribution in [0.1, 0.15) is 39.4 Å². The van der Waals surface area contributed by atoms with E-state index >= 15 is 0 Å². The SMILES string of the molecule is Cc1ccc(O)c(C)c1-n1nc(-c2ccccc2C2CCNC2)c(C(N)=O)c1N. The molecule has 2 aromatic carbocycles. The Morgan fingerprint density at radius 3 is 2.69 bits per heavy atom. The van der Waals surface area contributed by atoms with Crippen molar-refractivity contribution in [3.05, 3.63) is 58.7 Å². The van der Waals surface area contributed by atoms with E-state index in [0.717, 1.165) is 36.2 Å². The molecule has 1 fully saturated rings. The number of carbonyl (C=O) groups excluding carboxylic acids is 1. The van der Waals surface area contributed by atoms with Crippen molar-refractivity contribution >= 4 is 11.7 Å². The van der Waals surface area contributed by atoms with Gasteiger partial charge in [0.05, 0.1) is 5.69 Å². The molecule has 6 N–H and O–H groups in total. The van der Waals surface area contributed by atoms with Crippen LogP contribution >= 0.6 is 0 Å². The lowest BCUT2D eigenvalue weighted by atomic mass is 9.91. The van der Waals surface area contributed by atoms with Crippen LogP contribution in [0.3, 0.4) is 0 Å². The fourth-order valence-corrected chi connectivity index (χ4v) is 4.17. The first-order valence-electron chi connectivity index (χ1n) is 9.68. The first-order chi connectivity index (χ1) is 13.9. The zero-order valence-corrected chi connectivity index (χ0v) is 16.6. The summed E-state index contributed by atoms with van der Waals surface area (Å²) in [4.78, 5) is 12.4. The number of primary amides is 1. The summed E-state index contributed by atoms with van der Waals surface area (Å²) in [5, 5.41) is 18.3. The molecule has 0 radical (unpaired) electrons. The first-order valence-corrected chi connectivity index (χ1v) is 9.68. The zero-order valence-electron chi connectivity index (χ0n) is 16.6. The monoisotopic (exact) mass is 391 g/mol. The topological polar surface area (TPSA) is 119 Å². The molecule has 150 valence electrons. The van der Waals surface area contributed by atoms with Crippen LogP contribution in [0.25, 0.3) is 16.9 Å². The summed E-state index contributed by atoms with van der Waals surface area (Å²) < 4.78 is 1.52. The third-order valence-corrected chi connectivity index (χ3v) is 5.70. The smallest absolute Gasteiger partial charge is 0.254 e. The fourth-order valence-electron chi connectivity index (χ4n) is 4.17. The normalized spacial score (nSPS) is 16.3. The van der Waals surface area contributed by atoms with Crippen molar-refractivity contribution in [2.24, 2.45) is 5.73 Å². The van der Waals surface area contributed by atoms with Crippen LogP contribution in [0.15, 0.2) is 36.4 Å². The van der Waals surface area contributed by atoms with E-state index in [-0.39, 0.29) is 17.1 Å². The van der Waals surface area contributed by atoms with Gasteiger partial charge in [-0.05, 0) is 49.9 Å². The number of phenols is 1. The Morgan fingerprint density at radius 2 is 2.00 bits per heavy atom. The van der Waals surface area contributed by atoms with Gasteiger partial charge in [0.2, 0.25) is 0 Å². The Labute approximate surface area is 169 Å². The Hall–Kier alpha value is -3.32. The number of aromatic hydroxyl groups is 1. The molecular weight excluding hydrogens is 366 g/mol. The fraction of sp³-hybridized carbons (Fsp3) is 0.273. The maximum Gasteiger partial charge on any atom is 0.254 e. The molecule has 0 saturated carbocycles. The Kier molecular flexibility index (Phi) is 4.76. The average Bonchev–Trinajstić information content (AvgIpc) is 3.34. The van der Waals surface area contributed by atoms with Gasteiger partial charge in [-0.15, -0.1) is 0 Å². The van der Waals surface area contributed by atoms with Gasteiger partial charge < -0.3 is 21.9 Å². The van der Waals surface area contributed by atoms with Gasteiger partial charge in [-0.2, -0.15) is 5.10 Å². The zero-order chi connectivity index (χ0) is 20.7. The maximum absolute atomic E-state index is 12.4. The summed E-state index contributed by atoms with van der Waals surface area (Å²) in [6, 6.07) is 11.4. The molecule has 0 bridgehead atoms. The van der Waals surface area contributed by atoms with Crippen LogP contribution in [0.5, 0.6) is 5.75 Å². The van der Waals surface area contributed by atoms with Crippen LogP contribution in [0.2, 0.25) is 0 Å². The van der Waals surface area contributed by atoms with Crippen LogP contribution in [0.4, 0.5) is 5.82 Å². The molecule has 7 nitrogen and oxygen atoms in total. The lowest BCUT2D eigenvalue weighted by Gasteiger charge is -2.14. The van der Waals surface area contributed by atoms with Gasteiger partial charge in [0.25, 0.3) is 5.91 Å². The molecule has 3 aromatic rings. The minimum absolute atomic E-state index is 0.139. The van der Waals surface area contributed by atoms with Gasteiger partial charge in [0.15, 0.2) is 0 Å². The minimum Gasteiger partial charge on any atom is -0.508 e. The van der Waals surface area contributed by atoms with Gasteiger partial charge in [-0.25, -0.2) is 4.68 Å². The molecule has 1 unspecified atom stereocenters. The maximum atomic E-state index is 12.4. The van der Waals surface area contributed by atoms with E-state index in [1.165, 1.54) is 4.68 Å². The van der Waals surface area contributed by atoms with E-state index in [1.807, 2.05) is 25.1 Å². The molecule has 0 spiro atoms. The summed E-state index contributed by atoms with van der Waals surface area (Å²) in [5.41, 5.74) is 16.9. The number of rotatable bonds is 4. The summed E-state index contributed by atoms with van der Waals surface area (Å²) in [6.45, 7) is 5.54. The molecule has 1 atom stereocenters. The van der Waals surface area contributed by atoms with E-state index in [1.54, 1.807) is 19.1 Å². The molecular formula is C22H25N5O2. The molecule has 1 aliphatic rings. The lowest BCUT2D eigenvalue weighted by molar-refractivity contribution is 0.100. The molecule has 1 saturated heterocycles. The number of benzene rings is 2. The number of nitrogen functional groups attached to an aromatic ring is 1. The Morgan fingerprint density at radius 1 is 1.24 bits per heavy atom. The van der Waals surface area contributed by atoms with Gasteiger partial charge in [-0.3, -0.25) is 4.79 Å². The van der Waals surface area contributed by atoms with Gasteiger partial charge in [0, 0.05) is 17.7 Å². The van der Waals surface area contributed by atoms with E-state index < -0.39 is 5.91 Å². The Balaban J connectivity index is 1.97. The number of nitrogens with zero attached hydrogens (tertiary/aromatic N) is 2. The molecule has 1 amide bonds. The number of nitrogens with one attached hydrogen (secondary N) is 1. The van der Waals surface area contributed by atoms with E-state index in [2.05, 4.69) is 11.4 Å². The third-order valence-electron chi connectivity index (χ3n) is 5.70. The van der Waals surface area contributed by atoms with E-state index in [4.69, 9.17) is 16.6 Å². The third kappa shape index (κ3) is 3.13. The standard InChI is InChI=1S/C22H25N5O2/c1-12-7-8-17(28)13(2)20(12)27-21(23)18(22(24)29)19(26-27)16-6-4-3-5-15(16)14-9-10-25-11-14/h3-8,14,25,28H,9-11,23H2,1-2H3,(H2,24,29). The van der Waals surface area contributed by atoms with Crippen LogP contribution in [0, 0.1) is 13.8 Å². The predicted octanol–water partition coefficient (Wildman–Crippen LogP) is 2.62. The highest BCUT2D eigenvalue weighted by Crippen LogP contribution is 2.37. The number of hydrogen-bond acceptors (Lipinski definition) is 5. The summed E-state index contributed by atoms with van der Waals surface area (Å²) in [6.07, 6.45) is 1.02. The molecule has 1 aromatic heterocycles. The van der Waals surface area contributed by atoms with E-state index in [9.17, 15) is 9.90 Å². The van der Waals surface area contributed by atoms with Crippen molar-refractivity contribution in [1.29, 1.82) is 0 Å². The minimum atomic E-state index is -0.626. The molecule has 0 aliphatic carbocycles. The highest BCUT2D eigenvalue weighted by atomic mass is 16.3. The largest absolute Gasteiger partial charge is 0.508 e. The second-order valence-corrected chi connectivity index (χ2v) is 7.54. The van der Waals surface area contributed by atoms with Gasteiger partial charge >= 0.3 is 0 Å². The highest BCUT2D eigenvalue weighted by Gasteiger charge is 2.28. The van der Waals surface area contributed by atoms with Crippen LogP contribution in [-0.4, -0.2) is 33.9 Å². The number of aromatic nitrogens is 2. The molecule has 29 heavy (non-hydrogen) atoms. The second kappa shape index (κ2) is 7.25. The van der Waals surface area contributed by atoms with Crippen molar-refractivity contribution in [2.75, 3.05) is 18.8 Å². The van der Waals surface area contributed by atoms with Crippen LogP contribution in [-0.2, 0) is 0 Å². The predicted molar refractivity (Wildman–Crippen MR) is 113 cm³/mol. The number of aryl methyl sites for hydroxylation is 1. The first kappa shape index (κ1) is 19.0. The molecule has 7 heteroatoms. The van der Waals surface area contributed by atoms with Crippen molar-refractivity contribution in [1.82, 2.24) is 15.1 Å². The quantitative estimate of drug-likeness (QED) is 0.545. The van der Waals surface area contributed by atoms with Crippen molar-refractivity contribution < 1.29 is 9.90 Å². The summed E-state index contributed by atoms with van der Waals surface area (Å²) in [5.74, 6) is 0.0184. The van der Waals surface area contributed by atoms with Gasteiger partial charge in [0.1, 0.15) is 22.8 Å².